The van der Waals surface area contributed by atoms with Crippen LogP contribution in [0.5, 0.6) is 11.5 Å². The largest absolute Gasteiger partial charge is 0.489 e. The summed E-state index contributed by atoms with van der Waals surface area (Å²) in [7, 11) is 0. The molecule has 2 N–H and O–H groups in total. The number of carbonyl (C=O) groups is 2. The molecule has 0 radical (unpaired) electrons. The van der Waals surface area contributed by atoms with Crippen molar-refractivity contribution in [1.29, 1.82) is 0 Å². The monoisotopic (exact) mass is 659 g/mol. The zero-order valence-corrected chi connectivity index (χ0v) is 24.2. The Balaban J connectivity index is 1.41. The maximum Gasteiger partial charge on any atom is 0.276 e. The number of nitrogens with zero attached hydrogens (tertiary/aromatic N) is 1. The molecule has 0 unspecified atom stereocenters. The standard InChI is InChI=1S/C31H23Br2N3O4/c1-2-16-39-28-15-11-23(33)18-26(28)29-34-27-14-10-22(32)17-25(27)31(38)36(29)35-30(37)21-8-12-24(13-9-21)40-19-20-6-4-3-5-7-20/h1,3-15,17-18,29,34H,16,19H2,(H,35,37)/t29-/m1/s1. The molecule has 0 aliphatic carbocycles. The van der Waals surface area contributed by atoms with Crippen molar-refractivity contribution >= 4 is 49.4 Å². The minimum atomic E-state index is -0.788. The molecule has 4 aromatic carbocycles. The molecule has 0 saturated carbocycles. The Morgan fingerprint density at radius 2 is 1.68 bits per heavy atom. The van der Waals surface area contributed by atoms with Gasteiger partial charge in [0.15, 0.2) is 6.17 Å². The second-order valence-corrected chi connectivity index (χ2v) is 10.7. The van der Waals surface area contributed by atoms with Gasteiger partial charge in [-0.1, -0.05) is 68.1 Å². The van der Waals surface area contributed by atoms with Crippen LogP contribution < -0.4 is 20.2 Å². The van der Waals surface area contributed by atoms with Gasteiger partial charge in [0, 0.05) is 25.8 Å². The first-order valence-electron chi connectivity index (χ1n) is 12.3. The van der Waals surface area contributed by atoms with Gasteiger partial charge in [-0.15, -0.1) is 6.42 Å². The molecule has 0 fully saturated rings. The van der Waals surface area contributed by atoms with E-state index in [0.29, 0.717) is 40.5 Å². The molecule has 7 nitrogen and oxygen atoms in total. The van der Waals surface area contributed by atoms with Gasteiger partial charge in [-0.05, 0) is 66.2 Å². The molecule has 0 bridgehead atoms. The molecule has 2 amide bonds. The topological polar surface area (TPSA) is 79.9 Å². The molecule has 5 rings (SSSR count). The molecule has 0 saturated heterocycles. The van der Waals surface area contributed by atoms with Gasteiger partial charge in [-0.25, -0.2) is 5.01 Å². The van der Waals surface area contributed by atoms with Crippen molar-refractivity contribution in [2.24, 2.45) is 0 Å². The summed E-state index contributed by atoms with van der Waals surface area (Å²) >= 11 is 6.92. The van der Waals surface area contributed by atoms with Crippen LogP contribution in [0.1, 0.15) is 38.0 Å². The fourth-order valence-corrected chi connectivity index (χ4v) is 4.95. The predicted molar refractivity (Wildman–Crippen MR) is 160 cm³/mol. The number of ether oxygens (including phenoxy) is 2. The number of hydrazine groups is 1. The molecule has 4 aromatic rings. The number of fused-ring (bicyclic) bond motifs is 1. The van der Waals surface area contributed by atoms with Crippen LogP contribution in [-0.4, -0.2) is 23.4 Å². The first kappa shape index (κ1) is 27.3. The second kappa shape index (κ2) is 12.3. The lowest BCUT2D eigenvalue weighted by Crippen LogP contribution is -2.53. The van der Waals surface area contributed by atoms with Crippen LogP contribution in [0.15, 0.2) is 99.9 Å². The molecule has 200 valence electrons. The van der Waals surface area contributed by atoms with Crippen LogP contribution in [0, 0.1) is 12.3 Å². The van der Waals surface area contributed by atoms with E-state index in [-0.39, 0.29) is 12.5 Å². The summed E-state index contributed by atoms with van der Waals surface area (Å²) in [5.74, 6) is 2.71. The summed E-state index contributed by atoms with van der Waals surface area (Å²) in [6.45, 7) is 0.456. The zero-order chi connectivity index (χ0) is 28.1. The molecule has 1 heterocycles. The summed E-state index contributed by atoms with van der Waals surface area (Å²) in [5, 5.41) is 4.63. The Hall–Kier alpha value is -4.26. The third-order valence-corrected chi connectivity index (χ3v) is 7.13. The third-order valence-electron chi connectivity index (χ3n) is 6.15. The lowest BCUT2D eigenvalue weighted by molar-refractivity contribution is 0.0488. The summed E-state index contributed by atoms with van der Waals surface area (Å²) < 4.78 is 13.1. The molecule has 0 spiro atoms. The van der Waals surface area contributed by atoms with E-state index in [1.807, 2.05) is 48.5 Å². The van der Waals surface area contributed by atoms with E-state index >= 15 is 0 Å². The number of benzene rings is 4. The maximum atomic E-state index is 13.7. The number of amides is 2. The molecule has 1 aliphatic heterocycles. The number of rotatable bonds is 8. The normalized spacial score (nSPS) is 14.0. The molecule has 1 atom stereocenters. The van der Waals surface area contributed by atoms with Gasteiger partial charge in [0.25, 0.3) is 11.8 Å². The first-order valence-corrected chi connectivity index (χ1v) is 13.8. The van der Waals surface area contributed by atoms with Crippen molar-refractivity contribution in [3.63, 3.8) is 0 Å². The van der Waals surface area contributed by atoms with Gasteiger partial charge in [0.1, 0.15) is 24.7 Å². The van der Waals surface area contributed by atoms with Crippen molar-refractivity contribution in [3.8, 4) is 23.8 Å². The van der Waals surface area contributed by atoms with Crippen molar-refractivity contribution in [1.82, 2.24) is 10.4 Å². The number of nitrogens with one attached hydrogen (secondary N) is 2. The Kier molecular flexibility index (Phi) is 8.39. The highest BCUT2D eigenvalue weighted by molar-refractivity contribution is 9.10. The second-order valence-electron chi connectivity index (χ2n) is 8.83. The summed E-state index contributed by atoms with van der Waals surface area (Å²) in [5.41, 5.74) is 5.81. The summed E-state index contributed by atoms with van der Waals surface area (Å²) in [6.07, 6.45) is 4.63. The molecule has 1 aliphatic rings. The summed E-state index contributed by atoms with van der Waals surface area (Å²) in [4.78, 5) is 27.1. The van der Waals surface area contributed by atoms with Crippen LogP contribution in [-0.2, 0) is 6.61 Å². The number of carbonyl (C=O) groups excluding carboxylic acids is 2. The third kappa shape index (κ3) is 6.14. The Labute approximate surface area is 248 Å². The van der Waals surface area contributed by atoms with Crippen LogP contribution in [0.25, 0.3) is 0 Å². The van der Waals surface area contributed by atoms with Gasteiger partial charge >= 0.3 is 0 Å². The lowest BCUT2D eigenvalue weighted by atomic mass is 10.0. The minimum Gasteiger partial charge on any atom is -0.489 e. The van der Waals surface area contributed by atoms with Crippen molar-refractivity contribution < 1.29 is 19.1 Å². The highest BCUT2D eigenvalue weighted by Gasteiger charge is 2.36. The van der Waals surface area contributed by atoms with Crippen LogP contribution in [0.4, 0.5) is 5.69 Å². The number of halogens is 2. The van der Waals surface area contributed by atoms with Gasteiger partial charge in [0.2, 0.25) is 0 Å². The van der Waals surface area contributed by atoms with Crippen LogP contribution >= 0.6 is 31.9 Å². The van der Waals surface area contributed by atoms with Gasteiger partial charge in [0.05, 0.1) is 5.56 Å². The molecule has 9 heteroatoms. The number of anilines is 1. The molecular weight excluding hydrogens is 638 g/mol. The fraction of sp³-hybridized carbons (Fsp3) is 0.0968. The highest BCUT2D eigenvalue weighted by atomic mass is 79.9. The molecule has 0 aromatic heterocycles. The van der Waals surface area contributed by atoms with E-state index in [1.165, 1.54) is 5.01 Å². The minimum absolute atomic E-state index is 0.0455. The van der Waals surface area contributed by atoms with E-state index in [0.717, 1.165) is 14.5 Å². The maximum absolute atomic E-state index is 13.7. The Bertz CT molecular complexity index is 1590. The summed E-state index contributed by atoms with van der Waals surface area (Å²) in [6, 6.07) is 27.3. The van der Waals surface area contributed by atoms with Crippen molar-refractivity contribution in [2.75, 3.05) is 11.9 Å². The van der Waals surface area contributed by atoms with E-state index in [4.69, 9.17) is 15.9 Å². The van der Waals surface area contributed by atoms with Crippen molar-refractivity contribution in [3.05, 3.63) is 122 Å². The van der Waals surface area contributed by atoms with E-state index in [9.17, 15) is 9.59 Å². The van der Waals surface area contributed by atoms with Crippen LogP contribution in [0.2, 0.25) is 0 Å². The average Bonchev–Trinajstić information content (AvgIpc) is 2.98. The fourth-order valence-electron chi connectivity index (χ4n) is 4.21. The van der Waals surface area contributed by atoms with Crippen LogP contribution in [0.3, 0.4) is 0 Å². The average molecular weight is 661 g/mol. The van der Waals surface area contributed by atoms with Crippen molar-refractivity contribution in [2.45, 2.75) is 12.8 Å². The highest BCUT2D eigenvalue weighted by Crippen LogP contribution is 2.38. The Morgan fingerprint density at radius 1 is 0.950 bits per heavy atom. The van der Waals surface area contributed by atoms with E-state index < -0.39 is 12.1 Å². The number of hydrogen-bond acceptors (Lipinski definition) is 5. The zero-order valence-electron chi connectivity index (χ0n) is 21.1. The SMILES string of the molecule is C#CCOc1ccc(Br)cc1[C@@H]1Nc2ccc(Br)cc2C(=O)N1NC(=O)c1ccc(OCc2ccccc2)cc1. The van der Waals surface area contributed by atoms with Gasteiger partial charge < -0.3 is 14.8 Å². The number of terminal acetylenes is 1. The van der Waals surface area contributed by atoms with Gasteiger partial charge in [-0.3, -0.25) is 15.0 Å². The molecule has 40 heavy (non-hydrogen) atoms. The van der Waals surface area contributed by atoms with Gasteiger partial charge in [-0.2, -0.15) is 0 Å². The molecular formula is C31H23Br2N3O4. The number of hydrogen-bond donors (Lipinski definition) is 2. The Morgan fingerprint density at radius 3 is 2.42 bits per heavy atom. The van der Waals surface area contributed by atoms with E-state index in [2.05, 4.69) is 48.5 Å². The smallest absolute Gasteiger partial charge is 0.276 e. The lowest BCUT2D eigenvalue weighted by Gasteiger charge is -2.38. The first-order chi connectivity index (χ1) is 19.4. The van der Waals surface area contributed by atoms with E-state index in [1.54, 1.807) is 42.5 Å². The quantitative estimate of drug-likeness (QED) is 0.205. The predicted octanol–water partition coefficient (Wildman–Crippen LogP) is 6.71.